The van der Waals surface area contributed by atoms with Crippen molar-refractivity contribution in [3.63, 3.8) is 0 Å². The fourth-order valence-electron chi connectivity index (χ4n) is 2.11. The van der Waals surface area contributed by atoms with Crippen molar-refractivity contribution in [2.24, 2.45) is 0 Å². The predicted octanol–water partition coefficient (Wildman–Crippen LogP) is 4.64. The normalized spacial score (nSPS) is 12.2. The topological polar surface area (TPSA) is 34.1 Å². The molecule has 1 aromatic heterocycles. The number of anilines is 1. The Balaban J connectivity index is 2.22. The first-order chi connectivity index (χ1) is 9.26. The Hall–Kier alpha value is -1.25. The maximum Gasteiger partial charge on any atom is 0.213 e. The van der Waals surface area contributed by atoms with Gasteiger partial charge >= 0.3 is 0 Å². The lowest BCUT2D eigenvalue weighted by Crippen LogP contribution is -2.15. The van der Waals surface area contributed by atoms with E-state index in [1.165, 1.54) is 38.5 Å². The van der Waals surface area contributed by atoms with Crippen LogP contribution < -0.4 is 10.1 Å². The summed E-state index contributed by atoms with van der Waals surface area (Å²) in [6.45, 7) is 7.11. The summed E-state index contributed by atoms with van der Waals surface area (Å²) in [5.74, 6) is 0.695. The Labute approximate surface area is 117 Å². The zero-order valence-corrected chi connectivity index (χ0v) is 12.6. The molecule has 1 heterocycles. The predicted molar refractivity (Wildman–Crippen MR) is 81.9 cm³/mol. The molecule has 0 saturated carbocycles. The van der Waals surface area contributed by atoms with E-state index in [0.717, 1.165) is 5.69 Å². The zero-order chi connectivity index (χ0) is 13.9. The van der Waals surface area contributed by atoms with Crippen LogP contribution >= 0.6 is 0 Å². The summed E-state index contributed by atoms with van der Waals surface area (Å²) in [6, 6.07) is 4.45. The Bertz CT molecular complexity index is 324. The van der Waals surface area contributed by atoms with Crippen LogP contribution in [0.5, 0.6) is 5.88 Å². The fourth-order valence-corrected chi connectivity index (χ4v) is 2.11. The van der Waals surface area contributed by atoms with Gasteiger partial charge in [0.1, 0.15) is 0 Å². The minimum atomic E-state index is 0.501. The van der Waals surface area contributed by atoms with Gasteiger partial charge in [-0.2, -0.15) is 0 Å². The van der Waals surface area contributed by atoms with E-state index in [1.54, 1.807) is 0 Å². The summed E-state index contributed by atoms with van der Waals surface area (Å²) in [5.41, 5.74) is 1.07. The van der Waals surface area contributed by atoms with E-state index in [4.69, 9.17) is 4.74 Å². The third kappa shape index (κ3) is 7.04. The third-order valence-electron chi connectivity index (χ3n) is 3.18. The number of nitrogens with one attached hydrogen (secondary N) is 1. The van der Waals surface area contributed by atoms with Crippen molar-refractivity contribution >= 4 is 5.69 Å². The molecule has 1 atom stereocenters. The molecule has 0 amide bonds. The van der Waals surface area contributed by atoms with Gasteiger partial charge in [-0.05, 0) is 26.3 Å². The third-order valence-corrected chi connectivity index (χ3v) is 3.18. The Kier molecular flexibility index (Phi) is 8.03. The molecule has 0 aliphatic carbocycles. The Morgan fingerprint density at radius 1 is 1.16 bits per heavy atom. The summed E-state index contributed by atoms with van der Waals surface area (Å²) >= 11 is 0. The molecular formula is C16H28N2O. The molecule has 0 radical (unpaired) electrons. The molecule has 19 heavy (non-hydrogen) atoms. The lowest BCUT2D eigenvalue weighted by Gasteiger charge is -2.15. The number of unbranched alkanes of at least 4 members (excludes halogenated alkanes) is 4. The van der Waals surface area contributed by atoms with Crippen LogP contribution in [0, 0.1) is 0 Å². The number of ether oxygens (including phenoxy) is 1. The molecule has 1 rings (SSSR count). The summed E-state index contributed by atoms with van der Waals surface area (Å²) in [4.78, 5) is 4.26. The second-order valence-corrected chi connectivity index (χ2v) is 5.07. The quantitative estimate of drug-likeness (QED) is 0.625. The summed E-state index contributed by atoms with van der Waals surface area (Å²) in [6.07, 6.45) is 9.76. The molecule has 0 spiro atoms. The molecule has 3 nitrogen and oxygen atoms in total. The maximum atomic E-state index is 5.33. The van der Waals surface area contributed by atoms with Crippen molar-refractivity contribution in [2.75, 3.05) is 11.9 Å². The molecule has 0 saturated heterocycles. The second-order valence-electron chi connectivity index (χ2n) is 5.07. The maximum absolute atomic E-state index is 5.33. The Morgan fingerprint density at radius 3 is 2.58 bits per heavy atom. The molecule has 1 aromatic rings. The van der Waals surface area contributed by atoms with Crippen LogP contribution in [0.25, 0.3) is 0 Å². The first-order valence-corrected chi connectivity index (χ1v) is 7.61. The molecule has 1 N–H and O–H groups in total. The van der Waals surface area contributed by atoms with Gasteiger partial charge in [-0.25, -0.2) is 4.98 Å². The highest BCUT2D eigenvalue weighted by atomic mass is 16.5. The summed E-state index contributed by atoms with van der Waals surface area (Å²) in [5, 5.41) is 3.48. The van der Waals surface area contributed by atoms with Crippen LogP contribution in [-0.2, 0) is 0 Å². The lowest BCUT2D eigenvalue weighted by atomic mass is 10.1. The Morgan fingerprint density at radius 2 is 1.95 bits per heavy atom. The molecule has 3 heteroatoms. The minimum Gasteiger partial charge on any atom is -0.478 e. The van der Waals surface area contributed by atoms with Crippen molar-refractivity contribution in [2.45, 2.75) is 65.3 Å². The number of hydrogen-bond donors (Lipinski definition) is 1. The first kappa shape index (κ1) is 15.8. The smallest absolute Gasteiger partial charge is 0.213 e. The largest absolute Gasteiger partial charge is 0.478 e. The number of nitrogens with zero attached hydrogens (tertiary/aromatic N) is 1. The van der Waals surface area contributed by atoms with Crippen molar-refractivity contribution < 1.29 is 4.74 Å². The van der Waals surface area contributed by atoms with Crippen LogP contribution in [0.2, 0.25) is 0 Å². The highest BCUT2D eigenvalue weighted by Crippen LogP contribution is 2.15. The molecule has 0 bridgehead atoms. The van der Waals surface area contributed by atoms with E-state index in [1.807, 2.05) is 25.3 Å². The van der Waals surface area contributed by atoms with Gasteiger partial charge < -0.3 is 10.1 Å². The summed E-state index contributed by atoms with van der Waals surface area (Å²) < 4.78 is 5.33. The van der Waals surface area contributed by atoms with Gasteiger partial charge in [-0.15, -0.1) is 0 Å². The average Bonchev–Trinajstić information content (AvgIpc) is 2.41. The first-order valence-electron chi connectivity index (χ1n) is 7.61. The lowest BCUT2D eigenvalue weighted by molar-refractivity contribution is 0.327. The van der Waals surface area contributed by atoms with Crippen molar-refractivity contribution in [3.8, 4) is 5.88 Å². The number of aromatic nitrogens is 1. The molecular weight excluding hydrogens is 236 g/mol. The molecule has 0 aliphatic rings. The molecule has 0 aliphatic heterocycles. The monoisotopic (exact) mass is 264 g/mol. The van der Waals surface area contributed by atoms with E-state index in [-0.39, 0.29) is 0 Å². The molecule has 1 unspecified atom stereocenters. The molecule has 0 fully saturated rings. The van der Waals surface area contributed by atoms with E-state index < -0.39 is 0 Å². The standard InChI is InChI=1S/C16H28N2O/c1-4-6-7-8-9-10-14(3)18-15-11-12-16(17-13-15)19-5-2/h11-14,18H,4-10H2,1-3H3. The SMILES string of the molecule is CCCCCCCC(C)Nc1ccc(OCC)nc1. The van der Waals surface area contributed by atoms with E-state index in [0.29, 0.717) is 18.5 Å². The average molecular weight is 264 g/mol. The summed E-state index contributed by atoms with van der Waals surface area (Å²) in [7, 11) is 0. The second kappa shape index (κ2) is 9.65. The number of hydrogen-bond acceptors (Lipinski definition) is 3. The van der Waals surface area contributed by atoms with Gasteiger partial charge in [0.25, 0.3) is 0 Å². The van der Waals surface area contributed by atoms with Crippen LogP contribution in [0.1, 0.15) is 59.3 Å². The highest BCUT2D eigenvalue weighted by Gasteiger charge is 2.02. The number of rotatable bonds is 10. The van der Waals surface area contributed by atoms with Crippen LogP contribution in [0.3, 0.4) is 0 Å². The minimum absolute atomic E-state index is 0.501. The van der Waals surface area contributed by atoms with E-state index >= 15 is 0 Å². The van der Waals surface area contributed by atoms with Gasteiger partial charge in [0.05, 0.1) is 18.5 Å². The van der Waals surface area contributed by atoms with Crippen LogP contribution in [-0.4, -0.2) is 17.6 Å². The zero-order valence-electron chi connectivity index (χ0n) is 12.6. The van der Waals surface area contributed by atoms with Gasteiger partial charge in [-0.3, -0.25) is 0 Å². The van der Waals surface area contributed by atoms with E-state index in [9.17, 15) is 0 Å². The molecule has 0 aromatic carbocycles. The van der Waals surface area contributed by atoms with Gasteiger partial charge in [0.2, 0.25) is 5.88 Å². The van der Waals surface area contributed by atoms with Gasteiger partial charge in [-0.1, -0.05) is 39.0 Å². The number of pyridine rings is 1. The van der Waals surface area contributed by atoms with Gasteiger partial charge in [0.15, 0.2) is 0 Å². The van der Waals surface area contributed by atoms with Crippen LogP contribution in [0.15, 0.2) is 18.3 Å². The molecule has 108 valence electrons. The van der Waals surface area contributed by atoms with Crippen molar-refractivity contribution in [3.05, 3.63) is 18.3 Å². The van der Waals surface area contributed by atoms with Crippen LogP contribution in [0.4, 0.5) is 5.69 Å². The fraction of sp³-hybridized carbons (Fsp3) is 0.688. The van der Waals surface area contributed by atoms with Crippen molar-refractivity contribution in [1.82, 2.24) is 4.98 Å². The van der Waals surface area contributed by atoms with Gasteiger partial charge in [0, 0.05) is 12.1 Å². The van der Waals surface area contributed by atoms with E-state index in [2.05, 4.69) is 24.1 Å². The highest BCUT2D eigenvalue weighted by molar-refractivity contribution is 5.42. The van der Waals surface area contributed by atoms with Crippen molar-refractivity contribution in [1.29, 1.82) is 0 Å².